The van der Waals surface area contributed by atoms with Crippen molar-refractivity contribution in [2.45, 2.75) is 13.5 Å². The van der Waals surface area contributed by atoms with Crippen LogP contribution in [0, 0.1) is 6.92 Å². The number of H-pyrrole nitrogens is 1. The van der Waals surface area contributed by atoms with Crippen molar-refractivity contribution < 1.29 is 4.79 Å². The Bertz CT molecular complexity index is 1520. The second kappa shape index (κ2) is 7.94. The number of carbonyl (C=O) groups is 1. The normalized spacial score (nSPS) is 11.2. The maximum Gasteiger partial charge on any atom is 0.281 e. The Morgan fingerprint density at radius 3 is 2.56 bits per heavy atom. The largest absolute Gasteiger partial charge is 0.348 e. The van der Waals surface area contributed by atoms with Gasteiger partial charge >= 0.3 is 0 Å². The van der Waals surface area contributed by atoms with Crippen LogP contribution in [0.4, 0.5) is 0 Å². The molecule has 2 N–H and O–H groups in total. The molecule has 0 saturated heterocycles. The molecule has 0 atom stereocenters. The molecule has 0 radical (unpaired) electrons. The first-order chi connectivity index (χ1) is 15.5. The standard InChI is InChI=1S/C24H18ClN5O2/c1-14-2-4-15(5-3-14)13-26-23(31)17-8-11-19-20(12-17)30-22(27-24(19)32)21(28-29-30)16-6-9-18(25)10-7-16/h2-12,29H,13H2,1H3,(H,26,31). The Kier molecular flexibility index (Phi) is 4.95. The van der Waals surface area contributed by atoms with E-state index in [1.807, 2.05) is 43.3 Å². The molecule has 3 aromatic carbocycles. The number of hydrogen-bond acceptors (Lipinski definition) is 4. The van der Waals surface area contributed by atoms with Gasteiger partial charge in [0.1, 0.15) is 5.69 Å². The zero-order valence-corrected chi connectivity index (χ0v) is 17.8. The number of nitrogens with one attached hydrogen (secondary N) is 2. The van der Waals surface area contributed by atoms with Gasteiger partial charge < -0.3 is 5.32 Å². The fourth-order valence-electron chi connectivity index (χ4n) is 3.56. The van der Waals surface area contributed by atoms with Gasteiger partial charge in [-0.2, -0.15) is 10.1 Å². The predicted octanol–water partition coefficient (Wildman–Crippen LogP) is 4.13. The molecule has 7 nitrogen and oxygen atoms in total. The second-order valence-corrected chi connectivity index (χ2v) is 7.98. The van der Waals surface area contributed by atoms with Crippen LogP contribution in [0.5, 0.6) is 0 Å². The molecule has 32 heavy (non-hydrogen) atoms. The lowest BCUT2D eigenvalue weighted by Gasteiger charge is -2.07. The molecule has 0 aliphatic carbocycles. The Morgan fingerprint density at radius 2 is 1.81 bits per heavy atom. The first kappa shape index (κ1) is 20.0. The molecule has 2 aromatic heterocycles. The summed E-state index contributed by atoms with van der Waals surface area (Å²) < 4.78 is 1.61. The number of aromatic nitrogens is 4. The van der Waals surface area contributed by atoms with Crippen LogP contribution >= 0.6 is 11.6 Å². The lowest BCUT2D eigenvalue weighted by molar-refractivity contribution is 0.0951. The van der Waals surface area contributed by atoms with Gasteiger partial charge in [0.05, 0.1) is 10.9 Å². The third-order valence-corrected chi connectivity index (χ3v) is 5.57. The molecule has 0 fully saturated rings. The summed E-state index contributed by atoms with van der Waals surface area (Å²) in [5.74, 6) is -0.233. The molecule has 0 unspecified atom stereocenters. The maximum absolute atomic E-state index is 12.8. The number of aromatic amines is 1. The van der Waals surface area contributed by atoms with Crippen LogP contribution in [0.1, 0.15) is 21.5 Å². The number of nitrogens with zero attached hydrogens (tertiary/aromatic N) is 3. The van der Waals surface area contributed by atoms with E-state index in [1.165, 1.54) is 0 Å². The number of rotatable bonds is 4. The smallest absolute Gasteiger partial charge is 0.281 e. The summed E-state index contributed by atoms with van der Waals surface area (Å²) in [4.78, 5) is 29.6. The fourth-order valence-corrected chi connectivity index (χ4v) is 3.69. The lowest BCUT2D eigenvalue weighted by atomic mass is 10.1. The van der Waals surface area contributed by atoms with E-state index in [9.17, 15) is 9.59 Å². The Morgan fingerprint density at radius 1 is 1.06 bits per heavy atom. The molecule has 0 aliphatic rings. The SMILES string of the molecule is Cc1ccc(CNC(=O)c2ccc3c(=O)nc4c(-c5ccc(Cl)cc5)n[nH]n4c3c2)cc1. The van der Waals surface area contributed by atoms with Crippen molar-refractivity contribution in [1.82, 2.24) is 25.1 Å². The highest BCUT2D eigenvalue weighted by atomic mass is 35.5. The first-order valence-electron chi connectivity index (χ1n) is 10.0. The summed E-state index contributed by atoms with van der Waals surface area (Å²) in [5, 5.41) is 11.2. The van der Waals surface area contributed by atoms with Crippen LogP contribution in [0.2, 0.25) is 5.02 Å². The number of carbonyl (C=O) groups excluding carboxylic acids is 1. The average Bonchev–Trinajstić information content (AvgIpc) is 3.22. The fraction of sp³-hybridized carbons (Fsp3) is 0.0833. The Balaban J connectivity index is 1.52. The quantitative estimate of drug-likeness (QED) is 0.437. The van der Waals surface area contributed by atoms with E-state index in [0.29, 0.717) is 39.4 Å². The highest BCUT2D eigenvalue weighted by molar-refractivity contribution is 6.30. The summed E-state index contributed by atoms with van der Waals surface area (Å²) in [6.45, 7) is 2.43. The van der Waals surface area contributed by atoms with Gasteiger partial charge in [-0.15, -0.1) is 0 Å². The molecule has 5 aromatic rings. The summed E-state index contributed by atoms with van der Waals surface area (Å²) in [7, 11) is 0. The Labute approximate surface area is 187 Å². The minimum absolute atomic E-state index is 0.233. The number of fused-ring (bicyclic) bond motifs is 3. The van der Waals surface area contributed by atoms with E-state index in [0.717, 1.165) is 16.7 Å². The van der Waals surface area contributed by atoms with Crippen LogP contribution < -0.4 is 10.9 Å². The molecule has 1 amide bonds. The molecular formula is C24H18ClN5O2. The van der Waals surface area contributed by atoms with E-state index in [1.54, 1.807) is 34.8 Å². The van der Waals surface area contributed by atoms with E-state index >= 15 is 0 Å². The zero-order chi connectivity index (χ0) is 22.2. The highest BCUT2D eigenvalue weighted by Gasteiger charge is 2.16. The van der Waals surface area contributed by atoms with Crippen molar-refractivity contribution >= 4 is 34.1 Å². The third kappa shape index (κ3) is 3.63. The van der Waals surface area contributed by atoms with Gasteiger partial charge in [0, 0.05) is 22.7 Å². The molecule has 0 aliphatic heterocycles. The third-order valence-electron chi connectivity index (χ3n) is 5.32. The zero-order valence-electron chi connectivity index (χ0n) is 17.1. The molecule has 5 rings (SSSR count). The van der Waals surface area contributed by atoms with E-state index in [2.05, 4.69) is 20.6 Å². The van der Waals surface area contributed by atoms with Crippen LogP contribution in [-0.4, -0.2) is 25.7 Å². The summed E-state index contributed by atoms with van der Waals surface area (Å²) in [6, 6.07) is 20.0. The van der Waals surface area contributed by atoms with Crippen molar-refractivity contribution in [1.29, 1.82) is 0 Å². The molecule has 2 heterocycles. The number of aryl methyl sites for hydroxylation is 1. The van der Waals surface area contributed by atoms with Crippen molar-refractivity contribution in [3.8, 4) is 11.3 Å². The lowest BCUT2D eigenvalue weighted by Crippen LogP contribution is -2.23. The van der Waals surface area contributed by atoms with Gasteiger partial charge in [0.2, 0.25) is 0 Å². The molecule has 0 saturated carbocycles. The minimum atomic E-state index is -0.386. The second-order valence-electron chi connectivity index (χ2n) is 7.54. The minimum Gasteiger partial charge on any atom is -0.348 e. The number of amides is 1. The topological polar surface area (TPSA) is 92.2 Å². The van der Waals surface area contributed by atoms with Crippen molar-refractivity contribution in [2.24, 2.45) is 0 Å². The van der Waals surface area contributed by atoms with E-state index in [4.69, 9.17) is 11.6 Å². The van der Waals surface area contributed by atoms with Crippen LogP contribution in [-0.2, 0) is 6.54 Å². The monoisotopic (exact) mass is 443 g/mol. The van der Waals surface area contributed by atoms with Crippen molar-refractivity contribution in [2.75, 3.05) is 0 Å². The summed E-state index contributed by atoms with van der Waals surface area (Å²) >= 11 is 5.98. The number of benzene rings is 3. The first-order valence-corrected chi connectivity index (χ1v) is 10.4. The van der Waals surface area contributed by atoms with Gasteiger partial charge in [-0.05, 0) is 42.8 Å². The Hall–Kier alpha value is -3.97. The van der Waals surface area contributed by atoms with Crippen LogP contribution in [0.3, 0.4) is 0 Å². The average molecular weight is 444 g/mol. The molecular weight excluding hydrogens is 426 g/mol. The van der Waals surface area contributed by atoms with Gasteiger partial charge in [-0.25, -0.2) is 9.73 Å². The maximum atomic E-state index is 12.8. The van der Waals surface area contributed by atoms with Crippen LogP contribution in [0.15, 0.2) is 71.5 Å². The van der Waals surface area contributed by atoms with E-state index in [-0.39, 0.29) is 11.5 Å². The molecule has 8 heteroatoms. The van der Waals surface area contributed by atoms with Gasteiger partial charge in [0.25, 0.3) is 11.5 Å². The summed E-state index contributed by atoms with van der Waals surface area (Å²) in [6.07, 6.45) is 0. The summed E-state index contributed by atoms with van der Waals surface area (Å²) in [5.41, 5.74) is 4.41. The van der Waals surface area contributed by atoms with Gasteiger partial charge in [-0.1, -0.05) is 53.6 Å². The highest BCUT2D eigenvalue weighted by Crippen LogP contribution is 2.24. The van der Waals surface area contributed by atoms with Gasteiger partial charge in [-0.3, -0.25) is 9.59 Å². The molecule has 158 valence electrons. The van der Waals surface area contributed by atoms with Crippen LogP contribution in [0.25, 0.3) is 27.8 Å². The predicted molar refractivity (Wildman–Crippen MR) is 124 cm³/mol. The number of halogens is 1. The van der Waals surface area contributed by atoms with Crippen molar-refractivity contribution in [3.05, 3.63) is 98.8 Å². The molecule has 0 spiro atoms. The number of hydrogen-bond donors (Lipinski definition) is 2. The molecule has 0 bridgehead atoms. The van der Waals surface area contributed by atoms with Crippen molar-refractivity contribution in [3.63, 3.8) is 0 Å². The van der Waals surface area contributed by atoms with Gasteiger partial charge in [0.15, 0.2) is 5.65 Å². The van der Waals surface area contributed by atoms with E-state index < -0.39 is 0 Å².